The van der Waals surface area contributed by atoms with Crippen LogP contribution in [0.5, 0.6) is 0 Å². The van der Waals surface area contributed by atoms with E-state index in [9.17, 15) is 14.0 Å². The number of carbonyl (C=O) groups is 2. The van der Waals surface area contributed by atoms with Crippen LogP contribution in [0.25, 0.3) is 11.1 Å². The van der Waals surface area contributed by atoms with Crippen molar-refractivity contribution in [2.45, 2.75) is 24.7 Å². The lowest BCUT2D eigenvalue weighted by molar-refractivity contribution is -0.156. The molecule has 5 rings (SSSR count). The summed E-state index contributed by atoms with van der Waals surface area (Å²) in [6.07, 6.45) is -0.662. The monoisotopic (exact) mass is 461 g/mol. The van der Waals surface area contributed by atoms with E-state index in [1.807, 2.05) is 48.5 Å². The lowest BCUT2D eigenvalue weighted by Gasteiger charge is -2.23. The number of rotatable bonds is 6. The van der Waals surface area contributed by atoms with E-state index >= 15 is 0 Å². The lowest BCUT2D eigenvalue weighted by atomic mass is 9.98. The summed E-state index contributed by atoms with van der Waals surface area (Å²) in [5.74, 6) is -2.47. The number of hydrogen-bond donors (Lipinski definition) is 1. The molecule has 0 aromatic heterocycles. The largest absolute Gasteiger partial charge is 0.458 e. The minimum absolute atomic E-state index is 0.0364. The van der Waals surface area contributed by atoms with Crippen molar-refractivity contribution in [3.63, 3.8) is 0 Å². The highest BCUT2D eigenvalue weighted by molar-refractivity contribution is 6.32. The van der Waals surface area contributed by atoms with Gasteiger partial charge in [0.15, 0.2) is 6.29 Å². The SMILES string of the molecule is O=C(N[C@@H](Cc1ccccc1F)C1OCCO1)C(=O)OCC1c2ccccc2-c2ccccc21. The summed E-state index contributed by atoms with van der Waals surface area (Å²) in [7, 11) is 0. The third kappa shape index (κ3) is 4.44. The van der Waals surface area contributed by atoms with Gasteiger partial charge < -0.3 is 19.5 Å². The molecule has 1 saturated heterocycles. The fraction of sp³-hybridized carbons (Fsp3) is 0.259. The van der Waals surface area contributed by atoms with E-state index in [1.54, 1.807) is 18.2 Å². The van der Waals surface area contributed by atoms with Gasteiger partial charge in [-0.2, -0.15) is 0 Å². The van der Waals surface area contributed by atoms with Crippen LogP contribution < -0.4 is 5.32 Å². The van der Waals surface area contributed by atoms with E-state index < -0.39 is 30.0 Å². The van der Waals surface area contributed by atoms with Crippen molar-refractivity contribution in [2.24, 2.45) is 0 Å². The topological polar surface area (TPSA) is 73.9 Å². The Balaban J connectivity index is 1.26. The maximum atomic E-state index is 14.2. The Kier molecular flexibility index (Phi) is 6.38. The second-order valence-electron chi connectivity index (χ2n) is 8.31. The van der Waals surface area contributed by atoms with Crippen LogP contribution in [0, 0.1) is 5.82 Å². The highest BCUT2D eigenvalue weighted by atomic mass is 19.1. The highest BCUT2D eigenvalue weighted by Gasteiger charge is 2.33. The number of nitrogens with one attached hydrogen (secondary N) is 1. The summed E-state index contributed by atoms with van der Waals surface area (Å²) in [6, 6.07) is 21.4. The Bertz CT molecular complexity index is 1160. The van der Waals surface area contributed by atoms with Crippen LogP contribution in [-0.2, 0) is 30.2 Å². The molecule has 1 atom stereocenters. The van der Waals surface area contributed by atoms with Crippen LogP contribution in [0.15, 0.2) is 72.8 Å². The first-order valence-corrected chi connectivity index (χ1v) is 11.2. The Labute approximate surface area is 196 Å². The van der Waals surface area contributed by atoms with E-state index in [0.29, 0.717) is 18.8 Å². The molecule has 0 radical (unpaired) electrons. The predicted molar refractivity (Wildman–Crippen MR) is 122 cm³/mol. The second-order valence-corrected chi connectivity index (χ2v) is 8.31. The molecule has 0 unspecified atom stereocenters. The molecule has 1 fully saturated rings. The van der Waals surface area contributed by atoms with E-state index in [-0.39, 0.29) is 18.9 Å². The minimum Gasteiger partial charge on any atom is -0.458 e. The van der Waals surface area contributed by atoms with Gasteiger partial charge in [0.2, 0.25) is 0 Å². The molecule has 174 valence electrons. The highest BCUT2D eigenvalue weighted by Crippen LogP contribution is 2.44. The molecule has 34 heavy (non-hydrogen) atoms. The molecule has 0 saturated carbocycles. The Hall–Kier alpha value is -3.55. The summed E-state index contributed by atoms with van der Waals surface area (Å²) in [5, 5.41) is 2.62. The van der Waals surface area contributed by atoms with Gasteiger partial charge in [-0.3, -0.25) is 4.79 Å². The van der Waals surface area contributed by atoms with E-state index in [4.69, 9.17) is 14.2 Å². The maximum absolute atomic E-state index is 14.2. The molecule has 1 N–H and O–H groups in total. The van der Waals surface area contributed by atoms with Gasteiger partial charge in [-0.1, -0.05) is 66.7 Å². The first kappa shape index (κ1) is 22.3. The zero-order valence-electron chi connectivity index (χ0n) is 18.4. The van der Waals surface area contributed by atoms with Crippen molar-refractivity contribution < 1.29 is 28.2 Å². The standard InChI is InChI=1S/C27H24FNO5/c28-23-12-6-1-7-17(23)15-24(27-32-13-14-33-27)29-25(30)26(31)34-16-22-20-10-4-2-8-18(20)19-9-3-5-11-21(19)22/h1-12,22,24,27H,13-16H2,(H,29,30)/t24-/m0/s1. The van der Waals surface area contributed by atoms with Gasteiger partial charge in [0.25, 0.3) is 0 Å². The molecular formula is C27H24FNO5. The van der Waals surface area contributed by atoms with Crippen molar-refractivity contribution >= 4 is 11.9 Å². The lowest BCUT2D eigenvalue weighted by Crippen LogP contribution is -2.48. The van der Waals surface area contributed by atoms with Gasteiger partial charge in [0.05, 0.1) is 19.3 Å². The molecule has 6 nitrogen and oxygen atoms in total. The van der Waals surface area contributed by atoms with Crippen molar-refractivity contribution in [1.29, 1.82) is 0 Å². The van der Waals surface area contributed by atoms with E-state index in [1.165, 1.54) is 6.07 Å². The summed E-state index contributed by atoms with van der Waals surface area (Å²) in [5.41, 5.74) is 4.71. The van der Waals surface area contributed by atoms with Crippen LogP contribution in [0.4, 0.5) is 4.39 Å². The molecule has 7 heteroatoms. The quantitative estimate of drug-likeness (QED) is 0.449. The van der Waals surface area contributed by atoms with Crippen LogP contribution in [0.3, 0.4) is 0 Å². The van der Waals surface area contributed by atoms with Gasteiger partial charge in [-0.25, -0.2) is 9.18 Å². The van der Waals surface area contributed by atoms with Crippen molar-refractivity contribution in [3.8, 4) is 11.1 Å². The molecule has 1 aliphatic heterocycles. The number of amides is 1. The average molecular weight is 461 g/mol. The zero-order valence-corrected chi connectivity index (χ0v) is 18.4. The van der Waals surface area contributed by atoms with Crippen LogP contribution in [0.1, 0.15) is 22.6 Å². The van der Waals surface area contributed by atoms with Crippen molar-refractivity contribution in [3.05, 3.63) is 95.3 Å². The molecule has 1 amide bonds. The molecule has 0 bridgehead atoms. The number of ether oxygens (including phenoxy) is 3. The summed E-state index contributed by atoms with van der Waals surface area (Å²) < 4.78 is 30.6. The minimum atomic E-state index is -1.00. The van der Waals surface area contributed by atoms with Gasteiger partial charge in [0.1, 0.15) is 12.4 Å². The van der Waals surface area contributed by atoms with Crippen LogP contribution >= 0.6 is 0 Å². The molecule has 1 heterocycles. The first-order chi connectivity index (χ1) is 16.6. The third-order valence-corrected chi connectivity index (χ3v) is 6.22. The number of fused-ring (bicyclic) bond motifs is 3. The fourth-order valence-corrected chi connectivity index (χ4v) is 4.62. The van der Waals surface area contributed by atoms with E-state index in [0.717, 1.165) is 22.3 Å². The van der Waals surface area contributed by atoms with Gasteiger partial charge in [0, 0.05) is 12.3 Å². The summed E-state index contributed by atoms with van der Waals surface area (Å²) in [6.45, 7) is 0.757. The number of hydrogen-bond acceptors (Lipinski definition) is 5. The van der Waals surface area contributed by atoms with Crippen molar-refractivity contribution in [2.75, 3.05) is 19.8 Å². The Morgan fingerprint density at radius 2 is 1.50 bits per heavy atom. The molecule has 3 aromatic carbocycles. The van der Waals surface area contributed by atoms with Crippen molar-refractivity contribution in [1.82, 2.24) is 5.32 Å². The Morgan fingerprint density at radius 3 is 2.15 bits per heavy atom. The number of carbonyl (C=O) groups excluding carboxylic acids is 2. The normalized spacial score (nSPS) is 16.0. The number of benzene rings is 3. The van der Waals surface area contributed by atoms with E-state index in [2.05, 4.69) is 5.32 Å². The Morgan fingerprint density at radius 1 is 0.912 bits per heavy atom. The smallest absolute Gasteiger partial charge is 0.396 e. The third-order valence-electron chi connectivity index (χ3n) is 6.22. The van der Waals surface area contributed by atoms with Gasteiger partial charge in [-0.15, -0.1) is 0 Å². The first-order valence-electron chi connectivity index (χ1n) is 11.2. The molecule has 2 aliphatic rings. The predicted octanol–water partition coefficient (Wildman–Crippen LogP) is 3.58. The molecule has 0 spiro atoms. The summed E-state index contributed by atoms with van der Waals surface area (Å²) >= 11 is 0. The van der Waals surface area contributed by atoms with Crippen LogP contribution in [0.2, 0.25) is 0 Å². The number of halogens is 1. The van der Waals surface area contributed by atoms with Crippen LogP contribution in [-0.4, -0.2) is 44.0 Å². The number of esters is 1. The second kappa shape index (κ2) is 9.75. The molecular weight excluding hydrogens is 437 g/mol. The molecule has 3 aromatic rings. The fourth-order valence-electron chi connectivity index (χ4n) is 4.62. The average Bonchev–Trinajstić information content (AvgIpc) is 3.50. The maximum Gasteiger partial charge on any atom is 0.396 e. The zero-order chi connectivity index (χ0) is 23.5. The van der Waals surface area contributed by atoms with Gasteiger partial charge >= 0.3 is 11.9 Å². The molecule has 1 aliphatic carbocycles. The summed E-state index contributed by atoms with van der Waals surface area (Å²) in [4.78, 5) is 25.3. The van der Waals surface area contributed by atoms with Gasteiger partial charge in [-0.05, 0) is 33.9 Å².